The third-order valence-corrected chi connectivity index (χ3v) is 2.70. The Labute approximate surface area is 105 Å². The summed E-state index contributed by atoms with van der Waals surface area (Å²) in [7, 11) is 0. The molecule has 6 heteroatoms. The summed E-state index contributed by atoms with van der Waals surface area (Å²) in [6, 6.07) is 4.68. The predicted octanol–water partition coefficient (Wildman–Crippen LogP) is 2.12. The molecule has 2 aromatic rings. The fraction of sp³-hybridized carbons (Fsp3) is 0.333. The predicted molar refractivity (Wildman–Crippen MR) is 69.7 cm³/mol. The summed E-state index contributed by atoms with van der Waals surface area (Å²) in [5, 5.41) is 11.2. The number of nitrogens with one attached hydrogen (secondary N) is 1. The van der Waals surface area contributed by atoms with E-state index in [0.29, 0.717) is 23.9 Å². The van der Waals surface area contributed by atoms with Crippen LogP contribution in [0.4, 0.5) is 16.0 Å². The molecular weight excluding hydrogens is 233 g/mol. The van der Waals surface area contributed by atoms with E-state index in [-0.39, 0.29) is 5.69 Å². The van der Waals surface area contributed by atoms with Crippen molar-refractivity contribution >= 4 is 11.6 Å². The maximum absolute atomic E-state index is 13.5. The van der Waals surface area contributed by atoms with Crippen molar-refractivity contribution in [2.45, 2.75) is 20.4 Å². The summed E-state index contributed by atoms with van der Waals surface area (Å²) in [6.07, 6.45) is 0. The van der Waals surface area contributed by atoms with Gasteiger partial charge in [-0.05, 0) is 26.0 Å². The van der Waals surface area contributed by atoms with Crippen LogP contribution < -0.4 is 11.1 Å². The van der Waals surface area contributed by atoms with Gasteiger partial charge in [0.1, 0.15) is 5.82 Å². The van der Waals surface area contributed by atoms with Crippen LogP contribution >= 0.6 is 0 Å². The topological polar surface area (TPSA) is 68.8 Å². The molecule has 3 N–H and O–H groups in total. The molecule has 0 amide bonds. The van der Waals surface area contributed by atoms with Crippen LogP contribution in [0.3, 0.4) is 0 Å². The molecule has 2 rings (SSSR count). The van der Waals surface area contributed by atoms with Crippen molar-refractivity contribution in [3.05, 3.63) is 24.0 Å². The lowest BCUT2D eigenvalue weighted by Gasteiger charge is -2.09. The molecule has 0 atom stereocenters. The third-order valence-electron chi connectivity index (χ3n) is 2.70. The van der Waals surface area contributed by atoms with Crippen LogP contribution in [-0.4, -0.2) is 21.3 Å². The van der Waals surface area contributed by atoms with Gasteiger partial charge < -0.3 is 11.1 Å². The quantitative estimate of drug-likeness (QED) is 0.814. The maximum Gasteiger partial charge on any atom is 0.224 e. The van der Waals surface area contributed by atoms with E-state index < -0.39 is 5.82 Å². The molecule has 0 aliphatic rings. The average molecular weight is 249 g/mol. The van der Waals surface area contributed by atoms with Gasteiger partial charge in [-0.15, -0.1) is 10.2 Å². The monoisotopic (exact) mass is 249 g/mol. The standard InChI is InChI=1S/C12H16FN5/c1-3-15-12-17-16-11(18(12)4-2)8-6-5-7-9(13)10(8)14/h5-7H,3-4,14H2,1-2H3,(H,15,17). The molecule has 0 saturated heterocycles. The van der Waals surface area contributed by atoms with Gasteiger partial charge in [0.2, 0.25) is 5.95 Å². The van der Waals surface area contributed by atoms with Crippen LogP contribution in [-0.2, 0) is 6.54 Å². The van der Waals surface area contributed by atoms with E-state index in [1.165, 1.54) is 6.07 Å². The van der Waals surface area contributed by atoms with Crippen molar-refractivity contribution < 1.29 is 4.39 Å². The number of para-hydroxylation sites is 1. The van der Waals surface area contributed by atoms with Gasteiger partial charge in [-0.1, -0.05) is 6.07 Å². The SMILES string of the molecule is CCNc1nnc(-c2cccc(F)c2N)n1CC. The third kappa shape index (κ3) is 2.01. The second-order valence-corrected chi connectivity index (χ2v) is 3.82. The molecule has 0 saturated carbocycles. The van der Waals surface area contributed by atoms with Crippen LogP contribution in [0, 0.1) is 5.82 Å². The van der Waals surface area contributed by atoms with E-state index in [4.69, 9.17) is 5.73 Å². The second-order valence-electron chi connectivity index (χ2n) is 3.82. The lowest BCUT2D eigenvalue weighted by atomic mass is 10.1. The first kappa shape index (κ1) is 12.3. The first-order valence-electron chi connectivity index (χ1n) is 5.90. The Hall–Kier alpha value is -2.11. The van der Waals surface area contributed by atoms with Gasteiger partial charge in [0.05, 0.1) is 5.69 Å². The number of rotatable bonds is 4. The fourth-order valence-electron chi connectivity index (χ4n) is 1.82. The highest BCUT2D eigenvalue weighted by atomic mass is 19.1. The first-order chi connectivity index (χ1) is 8.69. The van der Waals surface area contributed by atoms with E-state index in [1.54, 1.807) is 12.1 Å². The Morgan fingerprint density at radius 1 is 1.33 bits per heavy atom. The lowest BCUT2D eigenvalue weighted by Crippen LogP contribution is -2.07. The van der Waals surface area contributed by atoms with Gasteiger partial charge in [0.15, 0.2) is 5.82 Å². The first-order valence-corrected chi connectivity index (χ1v) is 5.90. The van der Waals surface area contributed by atoms with Crippen LogP contribution in [0.5, 0.6) is 0 Å². The Morgan fingerprint density at radius 2 is 2.11 bits per heavy atom. The average Bonchev–Trinajstić information content (AvgIpc) is 2.76. The highest BCUT2D eigenvalue weighted by molar-refractivity contribution is 5.72. The van der Waals surface area contributed by atoms with Crippen molar-refractivity contribution in [1.29, 1.82) is 0 Å². The number of nitrogen functional groups attached to an aromatic ring is 1. The van der Waals surface area contributed by atoms with E-state index >= 15 is 0 Å². The summed E-state index contributed by atoms with van der Waals surface area (Å²) in [4.78, 5) is 0. The maximum atomic E-state index is 13.5. The summed E-state index contributed by atoms with van der Waals surface area (Å²) in [6.45, 7) is 5.38. The number of anilines is 2. The molecule has 0 fully saturated rings. The zero-order valence-corrected chi connectivity index (χ0v) is 10.4. The van der Waals surface area contributed by atoms with Gasteiger partial charge in [0, 0.05) is 18.7 Å². The molecule has 96 valence electrons. The van der Waals surface area contributed by atoms with E-state index in [9.17, 15) is 4.39 Å². The zero-order chi connectivity index (χ0) is 13.1. The number of hydrogen-bond donors (Lipinski definition) is 2. The van der Waals surface area contributed by atoms with Gasteiger partial charge in [0.25, 0.3) is 0 Å². The van der Waals surface area contributed by atoms with E-state index in [0.717, 1.165) is 6.54 Å². The van der Waals surface area contributed by atoms with E-state index in [2.05, 4.69) is 15.5 Å². The molecule has 1 aromatic heterocycles. The molecule has 0 radical (unpaired) electrons. The second kappa shape index (κ2) is 5.03. The Bertz CT molecular complexity index is 549. The van der Waals surface area contributed by atoms with Crippen LogP contribution in [0.1, 0.15) is 13.8 Å². The Morgan fingerprint density at radius 3 is 2.78 bits per heavy atom. The minimum atomic E-state index is -0.442. The molecule has 1 heterocycles. The molecular formula is C12H16FN5. The molecule has 5 nitrogen and oxygen atoms in total. The molecule has 0 spiro atoms. The number of aromatic nitrogens is 3. The van der Waals surface area contributed by atoms with Crippen molar-refractivity contribution in [3.63, 3.8) is 0 Å². The van der Waals surface area contributed by atoms with Crippen LogP contribution in [0.15, 0.2) is 18.2 Å². The summed E-state index contributed by atoms with van der Waals surface area (Å²) in [5.74, 6) is 0.798. The summed E-state index contributed by atoms with van der Waals surface area (Å²) in [5.41, 5.74) is 6.41. The highest BCUT2D eigenvalue weighted by Gasteiger charge is 2.15. The summed E-state index contributed by atoms with van der Waals surface area (Å²) >= 11 is 0. The number of hydrogen-bond acceptors (Lipinski definition) is 4. The van der Waals surface area contributed by atoms with Crippen molar-refractivity contribution in [3.8, 4) is 11.4 Å². The van der Waals surface area contributed by atoms with Gasteiger partial charge >= 0.3 is 0 Å². The normalized spacial score (nSPS) is 10.6. The smallest absolute Gasteiger partial charge is 0.224 e. The minimum absolute atomic E-state index is 0.0997. The Balaban J connectivity index is 2.53. The van der Waals surface area contributed by atoms with Gasteiger partial charge in [-0.2, -0.15) is 0 Å². The highest BCUT2D eigenvalue weighted by Crippen LogP contribution is 2.27. The summed E-state index contributed by atoms with van der Waals surface area (Å²) < 4.78 is 15.3. The molecule has 0 unspecified atom stereocenters. The molecule has 0 aliphatic carbocycles. The lowest BCUT2D eigenvalue weighted by molar-refractivity contribution is 0.632. The van der Waals surface area contributed by atoms with E-state index in [1.807, 2.05) is 18.4 Å². The molecule has 1 aromatic carbocycles. The molecule has 18 heavy (non-hydrogen) atoms. The minimum Gasteiger partial charge on any atom is -0.396 e. The van der Waals surface area contributed by atoms with Crippen LogP contribution in [0.2, 0.25) is 0 Å². The van der Waals surface area contributed by atoms with Gasteiger partial charge in [-0.3, -0.25) is 4.57 Å². The largest absolute Gasteiger partial charge is 0.396 e. The molecule has 0 aliphatic heterocycles. The number of nitrogens with zero attached hydrogens (tertiary/aromatic N) is 3. The number of halogens is 1. The molecule has 0 bridgehead atoms. The zero-order valence-electron chi connectivity index (χ0n) is 10.4. The number of nitrogens with two attached hydrogens (primary N) is 1. The van der Waals surface area contributed by atoms with Crippen molar-refractivity contribution in [2.75, 3.05) is 17.6 Å². The van der Waals surface area contributed by atoms with Crippen LogP contribution in [0.25, 0.3) is 11.4 Å². The fourth-order valence-corrected chi connectivity index (χ4v) is 1.82. The van der Waals surface area contributed by atoms with Crippen molar-refractivity contribution in [2.24, 2.45) is 0 Å². The van der Waals surface area contributed by atoms with Crippen molar-refractivity contribution in [1.82, 2.24) is 14.8 Å². The number of benzene rings is 1. The van der Waals surface area contributed by atoms with Gasteiger partial charge in [-0.25, -0.2) is 4.39 Å². The Kier molecular flexibility index (Phi) is 3.45.